The molecule has 0 unspecified atom stereocenters. The molecule has 106 valence electrons. The lowest BCUT2D eigenvalue weighted by molar-refractivity contribution is -0.149. The zero-order valence-corrected chi connectivity index (χ0v) is 10.2. The van der Waals surface area contributed by atoms with Gasteiger partial charge in [-0.1, -0.05) is 0 Å². The molecule has 1 aromatic rings. The van der Waals surface area contributed by atoms with Crippen LogP contribution in [0.5, 0.6) is 0 Å². The molecule has 1 fully saturated rings. The number of aromatic nitrogens is 2. The summed E-state index contributed by atoms with van der Waals surface area (Å²) in [6.45, 7) is 0.807. The number of ether oxygens (including phenoxy) is 1. The molecule has 0 bridgehead atoms. The fraction of sp³-hybridized carbons (Fsp3) is 0.636. The van der Waals surface area contributed by atoms with Crippen LogP contribution in [0.3, 0.4) is 0 Å². The van der Waals surface area contributed by atoms with Crippen LogP contribution >= 0.6 is 0 Å². The third-order valence-corrected chi connectivity index (χ3v) is 3.24. The number of alkyl halides is 1. The van der Waals surface area contributed by atoms with Gasteiger partial charge in [0.25, 0.3) is 5.56 Å². The number of nitrogens with one attached hydrogen (secondary N) is 1. The molecule has 4 atom stereocenters. The second-order valence-corrected chi connectivity index (χ2v) is 4.54. The van der Waals surface area contributed by atoms with E-state index in [9.17, 15) is 19.1 Å². The number of H-pyrrole nitrogens is 1. The van der Waals surface area contributed by atoms with Gasteiger partial charge in [-0.25, -0.2) is 9.18 Å². The topological polar surface area (TPSA) is 105 Å². The predicted octanol–water partition coefficient (Wildman–Crippen LogP) is -1.52. The summed E-state index contributed by atoms with van der Waals surface area (Å²) in [4.78, 5) is 25.0. The lowest BCUT2D eigenvalue weighted by Crippen LogP contribution is -2.52. The van der Waals surface area contributed by atoms with Crippen molar-refractivity contribution in [3.05, 3.63) is 32.6 Å². The lowest BCUT2D eigenvalue weighted by atomic mass is 9.99. The van der Waals surface area contributed by atoms with Crippen LogP contribution in [0.2, 0.25) is 0 Å². The second-order valence-electron chi connectivity index (χ2n) is 4.54. The van der Waals surface area contributed by atoms with Gasteiger partial charge in [0.1, 0.15) is 12.2 Å². The summed E-state index contributed by atoms with van der Waals surface area (Å²) in [6.07, 6.45) is -3.07. The number of aryl methyl sites for hydroxylation is 1. The van der Waals surface area contributed by atoms with Gasteiger partial charge in [-0.2, -0.15) is 0 Å². The molecule has 0 spiro atoms. The summed E-state index contributed by atoms with van der Waals surface area (Å²) < 4.78 is 20.2. The zero-order chi connectivity index (χ0) is 14.2. The average molecular weight is 274 g/mol. The predicted molar refractivity (Wildman–Crippen MR) is 62.8 cm³/mol. The lowest BCUT2D eigenvalue weighted by Gasteiger charge is -2.36. The Morgan fingerprint density at radius 2 is 2.26 bits per heavy atom. The molecule has 0 radical (unpaired) electrons. The number of nitrogens with zero attached hydrogens (tertiary/aromatic N) is 1. The van der Waals surface area contributed by atoms with Crippen molar-refractivity contribution < 1.29 is 19.3 Å². The summed E-state index contributed by atoms with van der Waals surface area (Å²) in [6, 6.07) is -1.04. The number of hydrogen-bond acceptors (Lipinski definition) is 5. The number of halogens is 1. The molecule has 1 aliphatic heterocycles. The van der Waals surface area contributed by atoms with Crippen LogP contribution in [0.4, 0.5) is 4.39 Å². The van der Waals surface area contributed by atoms with Gasteiger partial charge in [0.15, 0.2) is 6.17 Å². The van der Waals surface area contributed by atoms with Crippen molar-refractivity contribution >= 4 is 0 Å². The molecule has 0 aromatic carbocycles. The van der Waals surface area contributed by atoms with Crippen molar-refractivity contribution in [2.24, 2.45) is 0 Å². The van der Waals surface area contributed by atoms with E-state index in [1.807, 2.05) is 0 Å². The third-order valence-electron chi connectivity index (χ3n) is 3.24. The van der Waals surface area contributed by atoms with Crippen molar-refractivity contribution in [1.82, 2.24) is 9.55 Å². The fourth-order valence-electron chi connectivity index (χ4n) is 2.07. The maximum absolute atomic E-state index is 14.1. The molecule has 1 aliphatic rings. The van der Waals surface area contributed by atoms with Gasteiger partial charge in [0.05, 0.1) is 19.3 Å². The maximum atomic E-state index is 14.1. The quantitative estimate of drug-likeness (QED) is 0.607. The Labute approximate surface area is 107 Å². The van der Waals surface area contributed by atoms with Crippen molar-refractivity contribution in [3.8, 4) is 0 Å². The van der Waals surface area contributed by atoms with Crippen LogP contribution in [0.25, 0.3) is 0 Å². The van der Waals surface area contributed by atoms with Crippen LogP contribution in [-0.2, 0) is 4.74 Å². The van der Waals surface area contributed by atoms with Crippen LogP contribution < -0.4 is 11.2 Å². The Hall–Kier alpha value is -1.51. The van der Waals surface area contributed by atoms with Crippen molar-refractivity contribution in [2.45, 2.75) is 31.3 Å². The standard InChI is InChI=1S/C11H15FN2O5/c1-5-2-14(11(18)13-10(5)17)6-4-19-7(3-15)9(16)8(6)12/h2,6-9,15-16H,3-4H2,1H3,(H,13,17,18)/t6-,7-,8+,9-/m1/s1. The highest BCUT2D eigenvalue weighted by Crippen LogP contribution is 2.26. The molecule has 1 aromatic heterocycles. The first-order valence-electron chi connectivity index (χ1n) is 5.82. The van der Waals surface area contributed by atoms with Gasteiger partial charge < -0.3 is 14.9 Å². The maximum Gasteiger partial charge on any atom is 0.328 e. The monoisotopic (exact) mass is 274 g/mol. The highest BCUT2D eigenvalue weighted by Gasteiger charge is 2.40. The van der Waals surface area contributed by atoms with Crippen molar-refractivity contribution in [2.75, 3.05) is 13.2 Å². The number of aromatic amines is 1. The molecule has 7 nitrogen and oxygen atoms in total. The van der Waals surface area contributed by atoms with E-state index in [0.717, 1.165) is 4.57 Å². The first-order chi connectivity index (χ1) is 8.95. The molecular weight excluding hydrogens is 259 g/mol. The van der Waals surface area contributed by atoms with Gasteiger partial charge >= 0.3 is 5.69 Å². The fourth-order valence-corrected chi connectivity index (χ4v) is 2.07. The molecule has 0 aliphatic carbocycles. The SMILES string of the molecule is Cc1cn([C@@H]2CO[C@H](CO)[C@@H](O)[C@H]2F)c(=O)[nH]c1=O. The van der Waals surface area contributed by atoms with E-state index in [-0.39, 0.29) is 12.2 Å². The normalized spacial score (nSPS) is 31.4. The number of hydrogen-bond donors (Lipinski definition) is 3. The van der Waals surface area contributed by atoms with E-state index < -0.39 is 42.3 Å². The molecule has 1 saturated heterocycles. The Morgan fingerprint density at radius 1 is 1.58 bits per heavy atom. The minimum atomic E-state index is -1.77. The van der Waals surface area contributed by atoms with Gasteiger partial charge in [0.2, 0.25) is 0 Å². The smallest absolute Gasteiger partial charge is 0.328 e. The van der Waals surface area contributed by atoms with Crippen molar-refractivity contribution in [3.63, 3.8) is 0 Å². The number of rotatable bonds is 2. The van der Waals surface area contributed by atoms with E-state index in [2.05, 4.69) is 4.98 Å². The number of aliphatic hydroxyl groups excluding tert-OH is 2. The molecule has 2 rings (SSSR count). The summed E-state index contributed by atoms with van der Waals surface area (Å²) in [5, 5.41) is 18.5. The van der Waals surface area contributed by atoms with E-state index >= 15 is 0 Å². The van der Waals surface area contributed by atoms with E-state index in [0.29, 0.717) is 0 Å². The van der Waals surface area contributed by atoms with Crippen LogP contribution in [0.15, 0.2) is 15.8 Å². The Kier molecular flexibility index (Phi) is 3.83. The van der Waals surface area contributed by atoms with Crippen molar-refractivity contribution in [1.29, 1.82) is 0 Å². The van der Waals surface area contributed by atoms with E-state index in [1.165, 1.54) is 13.1 Å². The average Bonchev–Trinajstić information content (AvgIpc) is 2.37. The molecule has 0 saturated carbocycles. The zero-order valence-electron chi connectivity index (χ0n) is 10.2. The molecular formula is C11H15FN2O5. The minimum Gasteiger partial charge on any atom is -0.394 e. The highest BCUT2D eigenvalue weighted by atomic mass is 19.1. The molecule has 19 heavy (non-hydrogen) atoms. The first-order valence-corrected chi connectivity index (χ1v) is 5.82. The van der Waals surface area contributed by atoms with Crippen LogP contribution in [-0.4, -0.2) is 51.4 Å². The molecule has 2 heterocycles. The Bertz CT molecular complexity index is 569. The van der Waals surface area contributed by atoms with E-state index in [4.69, 9.17) is 9.84 Å². The highest BCUT2D eigenvalue weighted by molar-refractivity contribution is 5.03. The van der Waals surface area contributed by atoms with Crippen LogP contribution in [0, 0.1) is 6.92 Å². The summed E-state index contributed by atoms with van der Waals surface area (Å²) in [7, 11) is 0. The second kappa shape index (κ2) is 5.24. The summed E-state index contributed by atoms with van der Waals surface area (Å²) in [5.74, 6) is 0. The number of aliphatic hydroxyl groups is 2. The van der Waals surface area contributed by atoms with Gasteiger partial charge in [-0.15, -0.1) is 0 Å². The van der Waals surface area contributed by atoms with Gasteiger partial charge in [-0.3, -0.25) is 14.3 Å². The van der Waals surface area contributed by atoms with Gasteiger partial charge in [-0.05, 0) is 6.92 Å². The minimum absolute atomic E-state index is 0.172. The molecule has 3 N–H and O–H groups in total. The summed E-state index contributed by atoms with van der Waals surface area (Å²) >= 11 is 0. The Morgan fingerprint density at radius 3 is 2.89 bits per heavy atom. The first kappa shape index (κ1) is 13.9. The summed E-state index contributed by atoms with van der Waals surface area (Å²) in [5.41, 5.74) is -1.05. The third kappa shape index (κ3) is 2.46. The molecule has 8 heteroatoms. The van der Waals surface area contributed by atoms with E-state index in [1.54, 1.807) is 0 Å². The largest absolute Gasteiger partial charge is 0.394 e. The van der Waals surface area contributed by atoms with Crippen LogP contribution in [0.1, 0.15) is 11.6 Å². The molecule has 0 amide bonds. The van der Waals surface area contributed by atoms with Gasteiger partial charge in [0, 0.05) is 11.8 Å². The Balaban J connectivity index is 2.35.